The topological polar surface area (TPSA) is 74.0 Å². The van der Waals surface area contributed by atoms with Crippen molar-refractivity contribution in [1.82, 2.24) is 4.90 Å². The lowest BCUT2D eigenvalue weighted by Gasteiger charge is -2.24. The molecule has 0 fully saturated rings. The van der Waals surface area contributed by atoms with Gasteiger partial charge in [0.15, 0.2) is 11.5 Å². The Kier molecular flexibility index (Phi) is 9.56. The van der Waals surface area contributed by atoms with E-state index >= 15 is 0 Å². The average Bonchev–Trinajstić information content (AvgIpc) is 2.51. The largest absolute Gasteiger partial charge is 0.493 e. The maximum absolute atomic E-state index is 12.2. The molecule has 126 valence electrons. The molecule has 22 heavy (non-hydrogen) atoms. The minimum absolute atomic E-state index is 0. The highest BCUT2D eigenvalue weighted by Gasteiger charge is 2.20. The summed E-state index contributed by atoms with van der Waals surface area (Å²) in [7, 11) is 4.69. The molecule has 7 heteroatoms. The van der Waals surface area contributed by atoms with E-state index in [0.29, 0.717) is 24.6 Å². The number of amides is 1. The van der Waals surface area contributed by atoms with E-state index in [0.717, 1.165) is 5.56 Å². The molecule has 0 heterocycles. The number of nitrogens with two attached hydrogens (primary N) is 1. The zero-order valence-corrected chi connectivity index (χ0v) is 14.3. The second kappa shape index (κ2) is 10.3. The third kappa shape index (κ3) is 5.36. The Bertz CT molecular complexity index is 471. The van der Waals surface area contributed by atoms with Crippen molar-refractivity contribution in [1.29, 1.82) is 0 Å². The third-order valence-electron chi connectivity index (χ3n) is 3.18. The van der Waals surface area contributed by atoms with Crippen LogP contribution < -0.4 is 15.2 Å². The van der Waals surface area contributed by atoms with Crippen LogP contribution in [-0.2, 0) is 16.1 Å². The third-order valence-corrected chi connectivity index (χ3v) is 3.18. The minimum atomic E-state index is -0.643. The van der Waals surface area contributed by atoms with E-state index in [2.05, 4.69) is 0 Å². The first-order valence-electron chi connectivity index (χ1n) is 6.81. The number of carbonyl (C=O) groups excluding carboxylic acids is 1. The van der Waals surface area contributed by atoms with E-state index in [1.165, 1.54) is 7.11 Å². The summed E-state index contributed by atoms with van der Waals surface area (Å²) in [6.07, 6.45) is 0. The maximum Gasteiger partial charge on any atom is 0.242 e. The molecule has 1 atom stereocenters. The first kappa shape index (κ1) is 20.5. The highest BCUT2D eigenvalue weighted by atomic mass is 35.5. The van der Waals surface area contributed by atoms with Crippen molar-refractivity contribution < 1.29 is 19.0 Å². The fourth-order valence-electron chi connectivity index (χ4n) is 2.03. The lowest BCUT2D eigenvalue weighted by atomic mass is 10.1. The number of benzene rings is 1. The summed E-state index contributed by atoms with van der Waals surface area (Å²) >= 11 is 0. The molecule has 0 aliphatic rings. The molecule has 1 aromatic rings. The number of hydrogen-bond donors (Lipinski definition) is 1. The Labute approximate surface area is 137 Å². The molecule has 1 amide bonds. The predicted octanol–water partition coefficient (Wildman–Crippen LogP) is 1.45. The molecule has 0 aromatic heterocycles. The molecule has 6 nitrogen and oxygen atoms in total. The summed E-state index contributed by atoms with van der Waals surface area (Å²) in [5.74, 6) is 1.17. The van der Waals surface area contributed by atoms with Crippen LogP contribution in [0.4, 0.5) is 0 Å². The number of rotatable bonds is 8. The smallest absolute Gasteiger partial charge is 0.242 e. The first-order chi connectivity index (χ1) is 10.1. The number of carbonyl (C=O) groups is 1. The summed E-state index contributed by atoms with van der Waals surface area (Å²) in [5, 5.41) is 0. The van der Waals surface area contributed by atoms with E-state index in [4.69, 9.17) is 19.9 Å². The van der Waals surface area contributed by atoms with E-state index in [1.54, 1.807) is 19.1 Å². The lowest BCUT2D eigenvalue weighted by Crippen LogP contribution is -2.45. The van der Waals surface area contributed by atoms with E-state index < -0.39 is 6.04 Å². The van der Waals surface area contributed by atoms with Crippen LogP contribution in [0.5, 0.6) is 11.5 Å². The van der Waals surface area contributed by atoms with Crippen molar-refractivity contribution in [2.75, 3.05) is 34.5 Å². The molecule has 0 radical (unpaired) electrons. The van der Waals surface area contributed by atoms with Crippen LogP contribution in [0.2, 0.25) is 0 Å². The summed E-state index contributed by atoms with van der Waals surface area (Å²) in [4.78, 5) is 13.9. The summed E-state index contributed by atoms with van der Waals surface area (Å²) < 4.78 is 15.4. The van der Waals surface area contributed by atoms with Gasteiger partial charge in [0.25, 0.3) is 0 Å². The van der Waals surface area contributed by atoms with Crippen molar-refractivity contribution >= 4 is 18.3 Å². The Morgan fingerprint density at radius 3 is 2.36 bits per heavy atom. The van der Waals surface area contributed by atoms with Crippen molar-refractivity contribution in [3.05, 3.63) is 23.8 Å². The molecule has 1 unspecified atom stereocenters. The SMILES string of the molecule is CCN(Cc1ccc(OC)c(OC)c1)C(=O)C(N)COC.Cl. The summed E-state index contributed by atoms with van der Waals surface area (Å²) in [5.41, 5.74) is 6.75. The van der Waals surface area contributed by atoms with Gasteiger partial charge in [0, 0.05) is 20.2 Å². The highest BCUT2D eigenvalue weighted by Crippen LogP contribution is 2.28. The lowest BCUT2D eigenvalue weighted by molar-refractivity contribution is -0.134. The van der Waals surface area contributed by atoms with E-state index in [-0.39, 0.29) is 24.9 Å². The van der Waals surface area contributed by atoms with Gasteiger partial charge >= 0.3 is 0 Å². The van der Waals surface area contributed by atoms with Crippen LogP contribution in [0.15, 0.2) is 18.2 Å². The van der Waals surface area contributed by atoms with Crippen LogP contribution in [0, 0.1) is 0 Å². The summed E-state index contributed by atoms with van der Waals surface area (Å²) in [6, 6.07) is 4.94. The van der Waals surface area contributed by atoms with Crippen LogP contribution in [-0.4, -0.2) is 51.3 Å². The molecule has 0 spiro atoms. The quantitative estimate of drug-likeness (QED) is 0.780. The first-order valence-corrected chi connectivity index (χ1v) is 6.81. The van der Waals surface area contributed by atoms with Gasteiger partial charge in [-0.25, -0.2) is 0 Å². The monoisotopic (exact) mass is 332 g/mol. The molecular weight excluding hydrogens is 308 g/mol. The molecule has 0 bridgehead atoms. The molecule has 1 aromatic carbocycles. The van der Waals surface area contributed by atoms with Crippen molar-refractivity contribution in [2.45, 2.75) is 19.5 Å². The van der Waals surface area contributed by atoms with Crippen LogP contribution in [0.3, 0.4) is 0 Å². The Balaban J connectivity index is 0.00000441. The number of ether oxygens (including phenoxy) is 3. The van der Waals surface area contributed by atoms with Crippen molar-refractivity contribution in [3.8, 4) is 11.5 Å². The predicted molar refractivity (Wildman–Crippen MR) is 87.7 cm³/mol. The van der Waals surface area contributed by atoms with Crippen molar-refractivity contribution in [3.63, 3.8) is 0 Å². The summed E-state index contributed by atoms with van der Waals surface area (Å²) in [6.45, 7) is 3.16. The Morgan fingerprint density at radius 2 is 1.86 bits per heavy atom. The Hall–Kier alpha value is -1.50. The normalized spacial score (nSPS) is 11.3. The fourth-order valence-corrected chi connectivity index (χ4v) is 2.03. The molecule has 1 rings (SSSR count). The van der Waals surface area contributed by atoms with E-state index in [9.17, 15) is 4.79 Å². The van der Waals surface area contributed by atoms with Gasteiger partial charge in [-0.1, -0.05) is 6.07 Å². The number of methoxy groups -OCH3 is 3. The minimum Gasteiger partial charge on any atom is -0.493 e. The number of halogens is 1. The highest BCUT2D eigenvalue weighted by molar-refractivity contribution is 5.85. The maximum atomic E-state index is 12.2. The standard InChI is InChI=1S/C15H24N2O4.ClH/c1-5-17(15(18)12(16)10-19-2)9-11-6-7-13(20-3)14(8-11)21-4;/h6-8,12H,5,9-10,16H2,1-4H3;1H. The number of nitrogens with zero attached hydrogens (tertiary/aromatic N) is 1. The van der Waals surface area contributed by atoms with Gasteiger partial charge in [-0.2, -0.15) is 0 Å². The van der Waals surface area contributed by atoms with Gasteiger partial charge < -0.3 is 24.8 Å². The van der Waals surface area contributed by atoms with Gasteiger partial charge in [-0.05, 0) is 24.6 Å². The Morgan fingerprint density at radius 1 is 1.23 bits per heavy atom. The molecule has 0 aliphatic carbocycles. The van der Waals surface area contributed by atoms with Crippen LogP contribution in [0.25, 0.3) is 0 Å². The van der Waals surface area contributed by atoms with Gasteiger partial charge in [0.2, 0.25) is 5.91 Å². The number of hydrogen-bond acceptors (Lipinski definition) is 5. The zero-order chi connectivity index (χ0) is 15.8. The molecule has 2 N–H and O–H groups in total. The fraction of sp³-hybridized carbons (Fsp3) is 0.533. The second-order valence-electron chi connectivity index (χ2n) is 4.60. The van der Waals surface area contributed by atoms with Gasteiger partial charge in [-0.15, -0.1) is 12.4 Å². The zero-order valence-electron chi connectivity index (χ0n) is 13.5. The number of likely N-dealkylation sites (N-methyl/N-ethyl adjacent to an activating group) is 1. The van der Waals surface area contributed by atoms with Crippen LogP contribution >= 0.6 is 12.4 Å². The van der Waals surface area contributed by atoms with Gasteiger partial charge in [-0.3, -0.25) is 4.79 Å². The van der Waals surface area contributed by atoms with Gasteiger partial charge in [0.1, 0.15) is 6.04 Å². The van der Waals surface area contributed by atoms with E-state index in [1.807, 2.05) is 25.1 Å². The second-order valence-corrected chi connectivity index (χ2v) is 4.60. The average molecular weight is 333 g/mol. The van der Waals surface area contributed by atoms with Crippen molar-refractivity contribution in [2.24, 2.45) is 5.73 Å². The molecule has 0 saturated heterocycles. The van der Waals surface area contributed by atoms with Gasteiger partial charge in [0.05, 0.1) is 20.8 Å². The molecular formula is C15H25ClN2O4. The molecule has 0 saturated carbocycles. The van der Waals surface area contributed by atoms with Crippen LogP contribution in [0.1, 0.15) is 12.5 Å². The molecule has 0 aliphatic heterocycles.